The summed E-state index contributed by atoms with van der Waals surface area (Å²) in [6, 6.07) is 3.08. The maximum Gasteiger partial charge on any atom is 0.337 e. The van der Waals surface area contributed by atoms with E-state index in [2.05, 4.69) is 15.0 Å². The van der Waals surface area contributed by atoms with Gasteiger partial charge in [-0.1, -0.05) is 0 Å². The predicted octanol–water partition coefficient (Wildman–Crippen LogP) is -0.581. The van der Waals surface area contributed by atoms with E-state index in [-0.39, 0.29) is 5.56 Å². The molecule has 0 aliphatic carbocycles. The van der Waals surface area contributed by atoms with Crippen LogP contribution in [0.5, 0.6) is 0 Å². The lowest BCUT2D eigenvalue weighted by Crippen LogP contribution is -2.30. The van der Waals surface area contributed by atoms with Gasteiger partial charge in [-0.2, -0.15) is 0 Å². The summed E-state index contributed by atoms with van der Waals surface area (Å²) in [6.07, 6.45) is 2.38. The summed E-state index contributed by atoms with van der Waals surface area (Å²) >= 11 is 0. The van der Waals surface area contributed by atoms with Crippen molar-refractivity contribution in [2.24, 2.45) is 0 Å². The summed E-state index contributed by atoms with van der Waals surface area (Å²) in [7, 11) is -3.16. The molecule has 1 aromatic rings. The minimum Gasteiger partial charge on any atom is -0.478 e. The summed E-state index contributed by atoms with van der Waals surface area (Å²) in [5, 5.41) is 11.7. The first-order valence-corrected chi connectivity index (χ1v) is 7.11. The largest absolute Gasteiger partial charge is 0.478 e. The van der Waals surface area contributed by atoms with E-state index < -0.39 is 16.0 Å². The molecular formula is C10H15N3O4S. The van der Waals surface area contributed by atoms with E-state index in [0.717, 1.165) is 6.26 Å². The third kappa shape index (κ3) is 5.71. The van der Waals surface area contributed by atoms with E-state index >= 15 is 0 Å². The van der Waals surface area contributed by atoms with Crippen LogP contribution in [0.25, 0.3) is 0 Å². The van der Waals surface area contributed by atoms with Crippen LogP contribution in [0.15, 0.2) is 18.3 Å². The number of nitrogens with zero attached hydrogens (tertiary/aromatic N) is 1. The zero-order chi connectivity index (χ0) is 13.6. The first-order valence-electron chi connectivity index (χ1n) is 5.22. The summed E-state index contributed by atoms with van der Waals surface area (Å²) in [6.45, 7) is 1.22. The van der Waals surface area contributed by atoms with Crippen molar-refractivity contribution in [3.05, 3.63) is 29.6 Å². The van der Waals surface area contributed by atoms with Crippen molar-refractivity contribution in [1.82, 2.24) is 15.0 Å². The zero-order valence-corrected chi connectivity index (χ0v) is 10.7. The van der Waals surface area contributed by atoms with Crippen molar-refractivity contribution in [2.75, 3.05) is 19.3 Å². The molecule has 8 heteroatoms. The van der Waals surface area contributed by atoms with Crippen LogP contribution in [-0.4, -0.2) is 43.8 Å². The molecular weight excluding hydrogens is 258 g/mol. The first kappa shape index (κ1) is 14.6. The summed E-state index contributed by atoms with van der Waals surface area (Å²) in [5.74, 6) is -1.01. The fourth-order valence-electron chi connectivity index (χ4n) is 1.20. The van der Waals surface area contributed by atoms with Gasteiger partial charge in [0.25, 0.3) is 0 Å². The predicted molar refractivity (Wildman–Crippen MR) is 65.7 cm³/mol. The normalized spacial score (nSPS) is 11.4. The van der Waals surface area contributed by atoms with Gasteiger partial charge in [0, 0.05) is 25.8 Å². The van der Waals surface area contributed by atoms with Gasteiger partial charge in [0.15, 0.2) is 0 Å². The van der Waals surface area contributed by atoms with Gasteiger partial charge in [0.2, 0.25) is 10.0 Å². The molecule has 0 saturated heterocycles. The number of sulfonamides is 1. The Kier molecular flexibility index (Phi) is 5.20. The van der Waals surface area contributed by atoms with E-state index in [1.165, 1.54) is 12.3 Å². The number of hydrogen-bond acceptors (Lipinski definition) is 5. The highest BCUT2D eigenvalue weighted by Crippen LogP contribution is 1.99. The number of carboxylic acids is 1. The molecule has 0 bridgehead atoms. The van der Waals surface area contributed by atoms with Gasteiger partial charge in [0.1, 0.15) is 0 Å². The van der Waals surface area contributed by atoms with Gasteiger partial charge in [-0.15, -0.1) is 0 Å². The Bertz CT molecular complexity index is 498. The molecule has 1 rings (SSSR count). The molecule has 0 atom stereocenters. The van der Waals surface area contributed by atoms with Crippen LogP contribution in [0.4, 0.5) is 0 Å². The van der Waals surface area contributed by atoms with Gasteiger partial charge in [0.05, 0.1) is 17.5 Å². The van der Waals surface area contributed by atoms with Crippen LogP contribution in [0.2, 0.25) is 0 Å². The van der Waals surface area contributed by atoms with Gasteiger partial charge in [-0.3, -0.25) is 4.98 Å². The molecule has 0 aromatic carbocycles. The van der Waals surface area contributed by atoms with Crippen LogP contribution in [0, 0.1) is 0 Å². The molecule has 7 nitrogen and oxygen atoms in total. The molecule has 100 valence electrons. The van der Waals surface area contributed by atoms with E-state index in [1.807, 2.05) is 0 Å². The number of carbonyl (C=O) groups is 1. The first-order chi connectivity index (χ1) is 8.38. The quantitative estimate of drug-likeness (QED) is 0.573. The number of hydrogen-bond donors (Lipinski definition) is 3. The second-order valence-corrected chi connectivity index (χ2v) is 5.52. The molecule has 0 saturated carbocycles. The lowest BCUT2D eigenvalue weighted by molar-refractivity contribution is 0.0696. The van der Waals surface area contributed by atoms with Gasteiger partial charge in [-0.05, 0) is 12.1 Å². The van der Waals surface area contributed by atoms with Crippen LogP contribution >= 0.6 is 0 Å². The van der Waals surface area contributed by atoms with E-state index in [9.17, 15) is 13.2 Å². The molecule has 0 aliphatic rings. The van der Waals surface area contributed by atoms with E-state index in [0.29, 0.717) is 25.3 Å². The van der Waals surface area contributed by atoms with Crippen molar-refractivity contribution in [3.63, 3.8) is 0 Å². The maximum absolute atomic E-state index is 10.8. The molecule has 1 heterocycles. The van der Waals surface area contributed by atoms with E-state index in [1.54, 1.807) is 6.07 Å². The molecule has 3 N–H and O–H groups in total. The zero-order valence-electron chi connectivity index (χ0n) is 9.88. The summed E-state index contributed by atoms with van der Waals surface area (Å²) in [5.41, 5.74) is 0.830. The molecule has 0 radical (unpaired) electrons. The number of rotatable bonds is 7. The molecule has 0 amide bonds. The number of aromatic nitrogens is 1. The maximum atomic E-state index is 10.8. The second-order valence-electron chi connectivity index (χ2n) is 3.69. The Morgan fingerprint density at radius 3 is 2.61 bits per heavy atom. The van der Waals surface area contributed by atoms with Crippen LogP contribution < -0.4 is 10.0 Å². The Hall–Kier alpha value is -1.51. The monoisotopic (exact) mass is 273 g/mol. The SMILES string of the molecule is CS(=O)(=O)NCCNCc1ccc(C(=O)O)cn1. The number of pyridine rings is 1. The minimum absolute atomic E-state index is 0.137. The fraction of sp³-hybridized carbons (Fsp3) is 0.400. The lowest BCUT2D eigenvalue weighted by atomic mass is 10.2. The molecule has 0 fully saturated rings. The van der Waals surface area contributed by atoms with Gasteiger partial charge < -0.3 is 10.4 Å². The highest BCUT2D eigenvalue weighted by Gasteiger charge is 2.03. The van der Waals surface area contributed by atoms with Crippen molar-refractivity contribution in [1.29, 1.82) is 0 Å². The van der Waals surface area contributed by atoms with Crippen LogP contribution in [0.3, 0.4) is 0 Å². The minimum atomic E-state index is -3.16. The lowest BCUT2D eigenvalue weighted by Gasteiger charge is -2.05. The average Bonchev–Trinajstić information content (AvgIpc) is 2.27. The Morgan fingerprint density at radius 2 is 2.11 bits per heavy atom. The molecule has 0 unspecified atom stereocenters. The van der Waals surface area contributed by atoms with Gasteiger partial charge in [-0.25, -0.2) is 17.9 Å². The highest BCUT2D eigenvalue weighted by molar-refractivity contribution is 7.88. The van der Waals surface area contributed by atoms with Crippen LogP contribution in [0.1, 0.15) is 16.1 Å². The van der Waals surface area contributed by atoms with Crippen LogP contribution in [-0.2, 0) is 16.6 Å². The standard InChI is InChI=1S/C10H15N3O4S/c1-18(16,17)13-5-4-11-7-9-3-2-8(6-12-9)10(14)15/h2-3,6,11,13H,4-5,7H2,1H3,(H,14,15). The Morgan fingerprint density at radius 1 is 1.39 bits per heavy atom. The molecule has 0 aliphatic heterocycles. The van der Waals surface area contributed by atoms with Crippen molar-refractivity contribution in [3.8, 4) is 0 Å². The fourth-order valence-corrected chi connectivity index (χ4v) is 1.67. The molecule has 0 spiro atoms. The third-order valence-electron chi connectivity index (χ3n) is 2.04. The Balaban J connectivity index is 2.29. The van der Waals surface area contributed by atoms with Crippen molar-refractivity contribution in [2.45, 2.75) is 6.54 Å². The van der Waals surface area contributed by atoms with E-state index in [4.69, 9.17) is 5.11 Å². The van der Waals surface area contributed by atoms with Crippen molar-refractivity contribution < 1.29 is 18.3 Å². The van der Waals surface area contributed by atoms with Crippen molar-refractivity contribution >= 4 is 16.0 Å². The number of nitrogens with one attached hydrogen (secondary N) is 2. The highest BCUT2D eigenvalue weighted by atomic mass is 32.2. The number of aromatic carboxylic acids is 1. The topological polar surface area (TPSA) is 108 Å². The molecule has 18 heavy (non-hydrogen) atoms. The van der Waals surface area contributed by atoms with Gasteiger partial charge >= 0.3 is 5.97 Å². The number of carboxylic acid groups (broad SMARTS) is 1. The Labute approximate surface area is 105 Å². The summed E-state index contributed by atoms with van der Waals surface area (Å²) < 4.78 is 23.9. The second kappa shape index (κ2) is 6.43. The smallest absolute Gasteiger partial charge is 0.337 e. The third-order valence-corrected chi connectivity index (χ3v) is 2.77. The summed E-state index contributed by atoms with van der Waals surface area (Å²) in [4.78, 5) is 14.5. The average molecular weight is 273 g/mol. The molecule has 1 aromatic heterocycles.